The summed E-state index contributed by atoms with van der Waals surface area (Å²) in [6.07, 6.45) is 2.12. The van der Waals surface area contributed by atoms with Crippen molar-refractivity contribution in [2.24, 2.45) is 0 Å². The van der Waals surface area contributed by atoms with E-state index in [0.29, 0.717) is 11.8 Å². The number of benzene rings is 1. The Labute approximate surface area is 115 Å². The number of nitrogens with one attached hydrogen (secondary N) is 1. The monoisotopic (exact) mass is 267 g/mol. The highest BCUT2D eigenvalue weighted by molar-refractivity contribution is 6.18. The quantitative estimate of drug-likeness (QED) is 0.796. The van der Waals surface area contributed by atoms with Gasteiger partial charge in [0, 0.05) is 29.4 Å². The molecule has 100 valence electrons. The van der Waals surface area contributed by atoms with E-state index in [2.05, 4.69) is 31.3 Å². The van der Waals surface area contributed by atoms with Gasteiger partial charge in [0.2, 0.25) is 0 Å². The molecule has 2 nitrogen and oxygen atoms in total. The minimum atomic E-state index is 0.0685. The fraction of sp³-hybridized carbons (Fsp3) is 0.600. The van der Waals surface area contributed by atoms with Crippen LogP contribution in [-0.4, -0.2) is 24.6 Å². The SMILES string of the molecule is CCC(CC)(CCl)NCC1COc2ccccc21. The van der Waals surface area contributed by atoms with Gasteiger partial charge in [-0.15, -0.1) is 11.6 Å². The highest BCUT2D eigenvalue weighted by Gasteiger charge is 2.29. The highest BCUT2D eigenvalue weighted by Crippen LogP contribution is 2.33. The van der Waals surface area contributed by atoms with Crippen molar-refractivity contribution in [3.63, 3.8) is 0 Å². The lowest BCUT2D eigenvalue weighted by atomic mass is 9.93. The molecule has 18 heavy (non-hydrogen) atoms. The zero-order valence-corrected chi connectivity index (χ0v) is 12.0. The first-order valence-electron chi connectivity index (χ1n) is 6.77. The zero-order chi connectivity index (χ0) is 13.0. The Kier molecular flexibility index (Phi) is 4.52. The Balaban J connectivity index is 2.00. The Morgan fingerprint density at radius 2 is 2.06 bits per heavy atom. The van der Waals surface area contributed by atoms with Gasteiger partial charge in [-0.1, -0.05) is 32.0 Å². The summed E-state index contributed by atoms with van der Waals surface area (Å²) in [4.78, 5) is 0. The molecule has 2 rings (SSSR count). The van der Waals surface area contributed by atoms with E-state index in [-0.39, 0.29) is 5.54 Å². The molecule has 0 saturated carbocycles. The van der Waals surface area contributed by atoms with E-state index in [9.17, 15) is 0 Å². The van der Waals surface area contributed by atoms with Crippen LogP contribution in [0.2, 0.25) is 0 Å². The maximum absolute atomic E-state index is 6.12. The van der Waals surface area contributed by atoms with Crippen LogP contribution in [0.1, 0.15) is 38.2 Å². The number of halogens is 1. The largest absolute Gasteiger partial charge is 0.493 e. The molecule has 1 aliphatic rings. The molecular formula is C15H22ClNO. The Morgan fingerprint density at radius 1 is 1.33 bits per heavy atom. The summed E-state index contributed by atoms with van der Waals surface area (Å²) in [6, 6.07) is 8.31. The van der Waals surface area contributed by atoms with Gasteiger partial charge < -0.3 is 10.1 Å². The zero-order valence-electron chi connectivity index (χ0n) is 11.2. The first-order valence-corrected chi connectivity index (χ1v) is 7.31. The number of para-hydroxylation sites is 1. The molecular weight excluding hydrogens is 246 g/mol. The summed E-state index contributed by atoms with van der Waals surface area (Å²) in [5, 5.41) is 3.65. The van der Waals surface area contributed by atoms with Gasteiger partial charge >= 0.3 is 0 Å². The van der Waals surface area contributed by atoms with Crippen LogP contribution < -0.4 is 10.1 Å². The van der Waals surface area contributed by atoms with E-state index in [4.69, 9.17) is 16.3 Å². The van der Waals surface area contributed by atoms with E-state index in [1.807, 2.05) is 12.1 Å². The molecule has 1 unspecified atom stereocenters. The lowest BCUT2D eigenvalue weighted by molar-refractivity contribution is 0.291. The van der Waals surface area contributed by atoms with Crippen molar-refractivity contribution in [1.82, 2.24) is 5.32 Å². The van der Waals surface area contributed by atoms with Gasteiger partial charge in [0.15, 0.2) is 0 Å². The second-order valence-electron chi connectivity index (χ2n) is 5.05. The van der Waals surface area contributed by atoms with Crippen molar-refractivity contribution in [1.29, 1.82) is 0 Å². The smallest absolute Gasteiger partial charge is 0.122 e. The first-order chi connectivity index (χ1) is 8.74. The van der Waals surface area contributed by atoms with Crippen LogP contribution >= 0.6 is 11.6 Å². The predicted octanol–water partition coefficient (Wildman–Crippen LogP) is 3.55. The third-order valence-electron chi connectivity index (χ3n) is 4.13. The standard InChI is InChI=1S/C15H22ClNO/c1-3-15(4-2,11-16)17-9-12-10-18-14-8-6-5-7-13(12)14/h5-8,12,17H,3-4,9-11H2,1-2H3. The lowest BCUT2D eigenvalue weighted by Gasteiger charge is -2.32. The van der Waals surface area contributed by atoms with Crippen molar-refractivity contribution >= 4 is 11.6 Å². The van der Waals surface area contributed by atoms with Gasteiger partial charge in [0.05, 0.1) is 6.61 Å². The third-order valence-corrected chi connectivity index (χ3v) is 4.64. The molecule has 1 aliphatic heterocycles. The van der Waals surface area contributed by atoms with Crippen LogP contribution in [0.25, 0.3) is 0 Å². The van der Waals surface area contributed by atoms with Gasteiger partial charge in [0.25, 0.3) is 0 Å². The molecule has 0 aliphatic carbocycles. The molecule has 0 radical (unpaired) electrons. The van der Waals surface area contributed by atoms with Gasteiger partial charge in [-0.25, -0.2) is 0 Å². The van der Waals surface area contributed by atoms with Crippen LogP contribution in [-0.2, 0) is 0 Å². The second kappa shape index (κ2) is 5.94. The van der Waals surface area contributed by atoms with Crippen LogP contribution in [0.4, 0.5) is 0 Å². The molecule has 1 aromatic carbocycles. The van der Waals surface area contributed by atoms with Crippen molar-refractivity contribution in [3.8, 4) is 5.75 Å². The predicted molar refractivity (Wildman–Crippen MR) is 76.7 cm³/mol. The molecule has 1 heterocycles. The maximum atomic E-state index is 6.12. The number of fused-ring (bicyclic) bond motifs is 1. The van der Waals surface area contributed by atoms with Crippen molar-refractivity contribution in [3.05, 3.63) is 29.8 Å². The summed E-state index contributed by atoms with van der Waals surface area (Å²) in [5.41, 5.74) is 1.39. The number of hydrogen-bond donors (Lipinski definition) is 1. The molecule has 3 heteroatoms. The molecule has 0 amide bonds. The fourth-order valence-electron chi connectivity index (χ4n) is 2.47. The van der Waals surface area contributed by atoms with Gasteiger partial charge in [-0.05, 0) is 18.9 Å². The normalized spacial score (nSPS) is 18.5. The molecule has 0 aromatic heterocycles. The summed E-state index contributed by atoms with van der Waals surface area (Å²) < 4.78 is 5.70. The third kappa shape index (κ3) is 2.65. The fourth-order valence-corrected chi connectivity index (χ4v) is 2.95. The van der Waals surface area contributed by atoms with E-state index in [1.54, 1.807) is 0 Å². The number of rotatable bonds is 6. The first kappa shape index (κ1) is 13.7. The van der Waals surface area contributed by atoms with E-state index < -0.39 is 0 Å². The summed E-state index contributed by atoms with van der Waals surface area (Å²) in [5.74, 6) is 2.14. The molecule has 1 aromatic rings. The molecule has 0 saturated heterocycles. The van der Waals surface area contributed by atoms with Crippen LogP contribution in [0, 0.1) is 0 Å². The highest BCUT2D eigenvalue weighted by atomic mass is 35.5. The van der Waals surface area contributed by atoms with Crippen LogP contribution in [0.15, 0.2) is 24.3 Å². The topological polar surface area (TPSA) is 21.3 Å². The average molecular weight is 268 g/mol. The van der Waals surface area contributed by atoms with Crippen molar-refractivity contribution < 1.29 is 4.74 Å². The number of ether oxygens (including phenoxy) is 1. The molecule has 1 atom stereocenters. The lowest BCUT2D eigenvalue weighted by Crippen LogP contribution is -2.47. The van der Waals surface area contributed by atoms with E-state index in [0.717, 1.165) is 31.7 Å². The Bertz CT molecular complexity index is 382. The molecule has 0 fully saturated rings. The molecule has 0 bridgehead atoms. The van der Waals surface area contributed by atoms with E-state index in [1.165, 1.54) is 5.56 Å². The Hall–Kier alpha value is -0.730. The minimum absolute atomic E-state index is 0.0685. The summed E-state index contributed by atoms with van der Waals surface area (Å²) in [7, 11) is 0. The number of alkyl halides is 1. The molecule has 1 N–H and O–H groups in total. The van der Waals surface area contributed by atoms with Gasteiger partial charge in [0.1, 0.15) is 5.75 Å². The maximum Gasteiger partial charge on any atom is 0.122 e. The van der Waals surface area contributed by atoms with Crippen LogP contribution in [0.3, 0.4) is 0 Å². The van der Waals surface area contributed by atoms with Crippen molar-refractivity contribution in [2.45, 2.75) is 38.1 Å². The molecule has 0 spiro atoms. The Morgan fingerprint density at radius 3 is 2.72 bits per heavy atom. The summed E-state index contributed by atoms with van der Waals surface area (Å²) >= 11 is 6.12. The summed E-state index contributed by atoms with van der Waals surface area (Å²) in [6.45, 7) is 6.10. The van der Waals surface area contributed by atoms with E-state index >= 15 is 0 Å². The number of hydrogen-bond acceptors (Lipinski definition) is 2. The van der Waals surface area contributed by atoms with Crippen LogP contribution in [0.5, 0.6) is 5.75 Å². The van der Waals surface area contributed by atoms with Crippen molar-refractivity contribution in [2.75, 3.05) is 19.0 Å². The second-order valence-corrected chi connectivity index (χ2v) is 5.31. The minimum Gasteiger partial charge on any atom is -0.493 e. The average Bonchev–Trinajstić information content (AvgIpc) is 2.85. The van der Waals surface area contributed by atoms with Gasteiger partial charge in [-0.2, -0.15) is 0 Å². The van der Waals surface area contributed by atoms with Gasteiger partial charge in [-0.3, -0.25) is 0 Å².